The molecule has 6 heteroatoms. The Bertz CT molecular complexity index is 958. The van der Waals surface area contributed by atoms with Gasteiger partial charge in [-0.1, -0.05) is 25.0 Å². The van der Waals surface area contributed by atoms with Gasteiger partial charge < -0.3 is 5.32 Å². The molecule has 0 saturated heterocycles. The Morgan fingerprint density at radius 2 is 1.54 bits per heavy atom. The molecule has 148 valence electrons. The van der Waals surface area contributed by atoms with Crippen molar-refractivity contribution >= 4 is 15.7 Å². The third kappa shape index (κ3) is 3.46. The predicted octanol–water partition coefficient (Wildman–Crippen LogP) is 4.35. The van der Waals surface area contributed by atoms with Gasteiger partial charge in [0.25, 0.3) is 5.91 Å². The molecule has 0 atom stereocenters. The van der Waals surface area contributed by atoms with Crippen LogP contribution in [0.2, 0.25) is 0 Å². The lowest BCUT2D eigenvalue weighted by molar-refractivity contribution is 0.0823. The Morgan fingerprint density at radius 3 is 2.07 bits per heavy atom. The minimum atomic E-state index is -3.32. The van der Waals surface area contributed by atoms with Crippen LogP contribution in [0.25, 0.3) is 0 Å². The van der Waals surface area contributed by atoms with E-state index in [0.717, 1.165) is 37.7 Å². The molecule has 0 bridgehead atoms. The van der Waals surface area contributed by atoms with Gasteiger partial charge in [0.2, 0.25) is 0 Å². The Kier molecular flexibility index (Phi) is 5.00. The van der Waals surface area contributed by atoms with E-state index in [1.54, 1.807) is 24.3 Å². The quantitative estimate of drug-likeness (QED) is 0.810. The van der Waals surface area contributed by atoms with Crippen molar-refractivity contribution in [3.05, 3.63) is 65.5 Å². The molecule has 0 aromatic heterocycles. The largest absolute Gasteiger partial charge is 0.343 e. The molecular formula is C22H24FNO3S. The molecule has 4 nitrogen and oxygen atoms in total. The molecule has 0 unspecified atom stereocenters. The van der Waals surface area contributed by atoms with Gasteiger partial charge in [-0.15, -0.1) is 0 Å². The van der Waals surface area contributed by atoms with Crippen molar-refractivity contribution in [3.8, 4) is 0 Å². The normalized spacial score (nSPS) is 19.2. The molecule has 2 aromatic rings. The molecule has 2 fully saturated rings. The minimum absolute atomic E-state index is 0.242. The summed E-state index contributed by atoms with van der Waals surface area (Å²) in [6, 6.07) is 12.5. The van der Waals surface area contributed by atoms with Gasteiger partial charge in [0.15, 0.2) is 9.84 Å². The number of carbonyl (C=O) groups is 1. The van der Waals surface area contributed by atoms with Crippen LogP contribution < -0.4 is 5.32 Å². The average molecular weight is 402 g/mol. The highest BCUT2D eigenvalue weighted by molar-refractivity contribution is 7.92. The van der Waals surface area contributed by atoms with E-state index in [1.807, 2.05) is 0 Å². The summed E-state index contributed by atoms with van der Waals surface area (Å²) in [4.78, 5) is 13.1. The van der Waals surface area contributed by atoms with Gasteiger partial charge in [0.05, 0.1) is 15.7 Å². The van der Waals surface area contributed by atoms with Crippen LogP contribution in [0.1, 0.15) is 60.9 Å². The van der Waals surface area contributed by atoms with Crippen molar-refractivity contribution in [1.82, 2.24) is 5.32 Å². The number of halogens is 1. The zero-order chi connectivity index (χ0) is 19.8. The molecule has 28 heavy (non-hydrogen) atoms. The van der Waals surface area contributed by atoms with Crippen molar-refractivity contribution in [2.45, 2.75) is 60.6 Å². The van der Waals surface area contributed by atoms with Crippen LogP contribution in [0.15, 0.2) is 53.4 Å². The van der Waals surface area contributed by atoms with Gasteiger partial charge in [-0.25, -0.2) is 12.8 Å². The second-order valence-electron chi connectivity index (χ2n) is 7.87. The van der Waals surface area contributed by atoms with E-state index in [2.05, 4.69) is 5.32 Å². The molecule has 2 aliphatic rings. The average Bonchev–Trinajstić information content (AvgIpc) is 3.21. The second kappa shape index (κ2) is 7.32. The first-order valence-electron chi connectivity index (χ1n) is 9.83. The first kappa shape index (κ1) is 19.1. The highest BCUT2D eigenvalue weighted by atomic mass is 32.2. The zero-order valence-corrected chi connectivity index (χ0v) is 16.5. The Balaban J connectivity index is 1.51. The summed E-state index contributed by atoms with van der Waals surface area (Å²) in [6.07, 6.45) is 5.94. The van der Waals surface area contributed by atoms with Crippen LogP contribution in [-0.4, -0.2) is 19.6 Å². The van der Waals surface area contributed by atoms with Crippen molar-refractivity contribution in [3.63, 3.8) is 0 Å². The number of sulfone groups is 1. The molecule has 0 spiro atoms. The van der Waals surface area contributed by atoms with Crippen LogP contribution in [0.3, 0.4) is 0 Å². The molecule has 0 aliphatic heterocycles. The molecule has 1 amide bonds. The highest BCUT2D eigenvalue weighted by Gasteiger charge is 2.40. The maximum Gasteiger partial charge on any atom is 0.251 e. The lowest BCUT2D eigenvalue weighted by Gasteiger charge is -2.43. The summed E-state index contributed by atoms with van der Waals surface area (Å²) < 4.78 is 38.6. The van der Waals surface area contributed by atoms with E-state index in [1.165, 1.54) is 24.3 Å². The highest BCUT2D eigenvalue weighted by Crippen LogP contribution is 2.41. The van der Waals surface area contributed by atoms with Crippen LogP contribution in [-0.2, 0) is 15.4 Å². The summed E-state index contributed by atoms with van der Waals surface area (Å²) in [6.45, 7) is 0. The fourth-order valence-electron chi connectivity index (χ4n) is 4.26. The van der Waals surface area contributed by atoms with Gasteiger partial charge in [-0.05, 0) is 74.1 Å². The van der Waals surface area contributed by atoms with Gasteiger partial charge in [0, 0.05) is 5.56 Å². The molecule has 2 aliphatic carbocycles. The zero-order valence-electron chi connectivity index (χ0n) is 15.7. The van der Waals surface area contributed by atoms with Crippen LogP contribution >= 0.6 is 0 Å². The maximum absolute atomic E-state index is 13.2. The van der Waals surface area contributed by atoms with Crippen molar-refractivity contribution in [1.29, 1.82) is 0 Å². The van der Waals surface area contributed by atoms with E-state index in [9.17, 15) is 17.6 Å². The number of carbonyl (C=O) groups excluding carboxylic acids is 1. The van der Waals surface area contributed by atoms with E-state index in [4.69, 9.17) is 0 Å². The molecular weight excluding hydrogens is 377 g/mol. The number of benzene rings is 2. The molecule has 4 rings (SSSR count). The van der Waals surface area contributed by atoms with Crippen LogP contribution in [0.5, 0.6) is 0 Å². The van der Waals surface area contributed by atoms with Gasteiger partial charge in [0.1, 0.15) is 5.82 Å². The molecule has 2 aromatic carbocycles. The molecule has 2 saturated carbocycles. The van der Waals surface area contributed by atoms with Gasteiger partial charge in [-0.2, -0.15) is 0 Å². The fraction of sp³-hybridized carbons (Fsp3) is 0.409. The smallest absolute Gasteiger partial charge is 0.251 e. The Morgan fingerprint density at radius 1 is 0.929 bits per heavy atom. The number of hydrogen-bond donors (Lipinski definition) is 1. The lowest BCUT2D eigenvalue weighted by Crippen LogP contribution is -2.50. The van der Waals surface area contributed by atoms with E-state index in [-0.39, 0.29) is 21.9 Å². The summed E-state index contributed by atoms with van der Waals surface area (Å²) in [5.74, 6) is -0.544. The minimum Gasteiger partial charge on any atom is -0.343 e. The number of rotatable bonds is 5. The molecule has 0 radical (unpaired) electrons. The Labute approximate surface area is 165 Å². The van der Waals surface area contributed by atoms with E-state index >= 15 is 0 Å². The summed E-state index contributed by atoms with van der Waals surface area (Å²) >= 11 is 0. The Hall–Kier alpha value is -2.21. The van der Waals surface area contributed by atoms with Crippen molar-refractivity contribution in [2.75, 3.05) is 0 Å². The lowest BCUT2D eigenvalue weighted by atomic mass is 9.71. The second-order valence-corrected chi connectivity index (χ2v) is 10.1. The molecule has 0 heterocycles. The SMILES string of the molecule is O=C(NC1(c2ccc(F)cc2)CCC1)c1ccc(S(=O)(=O)C2CCCC2)cc1. The van der Waals surface area contributed by atoms with Gasteiger partial charge in [-0.3, -0.25) is 4.79 Å². The van der Waals surface area contributed by atoms with Crippen LogP contribution in [0.4, 0.5) is 4.39 Å². The first-order chi connectivity index (χ1) is 13.4. The number of amides is 1. The van der Waals surface area contributed by atoms with Crippen molar-refractivity contribution < 1.29 is 17.6 Å². The van der Waals surface area contributed by atoms with E-state index in [0.29, 0.717) is 18.4 Å². The van der Waals surface area contributed by atoms with Crippen LogP contribution in [0, 0.1) is 5.82 Å². The van der Waals surface area contributed by atoms with Gasteiger partial charge >= 0.3 is 0 Å². The number of nitrogens with one attached hydrogen (secondary N) is 1. The maximum atomic E-state index is 13.2. The fourth-order valence-corrected chi connectivity index (χ4v) is 6.12. The standard InChI is InChI=1S/C22H24FNO3S/c23-18-10-8-17(9-11-18)22(14-3-15-22)24-21(25)16-6-12-20(13-7-16)28(26,27)19-4-1-2-5-19/h6-13,19H,1-5,14-15H2,(H,24,25). The molecule has 1 N–H and O–H groups in total. The third-order valence-corrected chi connectivity index (χ3v) is 8.42. The monoisotopic (exact) mass is 401 g/mol. The summed E-state index contributed by atoms with van der Waals surface area (Å²) in [5.41, 5.74) is 0.854. The van der Waals surface area contributed by atoms with Crippen molar-refractivity contribution in [2.24, 2.45) is 0 Å². The summed E-state index contributed by atoms with van der Waals surface area (Å²) in [5, 5.41) is 2.78. The predicted molar refractivity (Wildman–Crippen MR) is 105 cm³/mol. The van der Waals surface area contributed by atoms with E-state index < -0.39 is 15.4 Å². The summed E-state index contributed by atoms with van der Waals surface area (Å²) in [7, 11) is -3.32. The topological polar surface area (TPSA) is 63.2 Å². The number of hydrogen-bond acceptors (Lipinski definition) is 3. The third-order valence-electron chi connectivity index (χ3n) is 6.14. The first-order valence-corrected chi connectivity index (χ1v) is 11.4.